The van der Waals surface area contributed by atoms with Gasteiger partial charge in [-0.15, -0.1) is 17.9 Å². The van der Waals surface area contributed by atoms with Gasteiger partial charge in [0.1, 0.15) is 4.88 Å². The Morgan fingerprint density at radius 1 is 1.69 bits per heavy atom. The van der Waals surface area contributed by atoms with Crippen LogP contribution in [-0.4, -0.2) is 17.4 Å². The van der Waals surface area contributed by atoms with Gasteiger partial charge in [-0.3, -0.25) is 4.79 Å². The van der Waals surface area contributed by atoms with Gasteiger partial charge in [0.05, 0.1) is 10.7 Å². The average molecular weight is 196 g/mol. The van der Waals surface area contributed by atoms with E-state index in [0.717, 1.165) is 10.7 Å². The third-order valence-electron chi connectivity index (χ3n) is 1.52. The number of aromatic nitrogens is 1. The highest BCUT2D eigenvalue weighted by atomic mass is 32.1. The lowest BCUT2D eigenvalue weighted by atomic mass is 10.4. The Hall–Kier alpha value is -1.16. The van der Waals surface area contributed by atoms with E-state index in [0.29, 0.717) is 11.4 Å². The zero-order chi connectivity index (χ0) is 9.84. The summed E-state index contributed by atoms with van der Waals surface area (Å²) in [7, 11) is 0. The van der Waals surface area contributed by atoms with Crippen LogP contribution in [0, 0.1) is 13.8 Å². The molecule has 0 spiro atoms. The molecule has 1 amide bonds. The van der Waals surface area contributed by atoms with E-state index in [1.54, 1.807) is 6.08 Å². The molecule has 4 heteroatoms. The molecule has 0 aliphatic carbocycles. The van der Waals surface area contributed by atoms with Crippen molar-refractivity contribution in [3.63, 3.8) is 0 Å². The van der Waals surface area contributed by atoms with Gasteiger partial charge >= 0.3 is 0 Å². The molecular weight excluding hydrogens is 184 g/mol. The lowest BCUT2D eigenvalue weighted by Crippen LogP contribution is -2.22. The Bertz CT molecular complexity index is 330. The van der Waals surface area contributed by atoms with E-state index < -0.39 is 0 Å². The van der Waals surface area contributed by atoms with Crippen LogP contribution in [0.2, 0.25) is 0 Å². The molecule has 1 rings (SSSR count). The molecule has 0 atom stereocenters. The molecule has 0 unspecified atom stereocenters. The summed E-state index contributed by atoms with van der Waals surface area (Å²) in [6, 6.07) is 0. The van der Waals surface area contributed by atoms with Gasteiger partial charge in [-0.1, -0.05) is 6.08 Å². The molecule has 1 heterocycles. The quantitative estimate of drug-likeness (QED) is 0.747. The highest BCUT2D eigenvalue weighted by molar-refractivity contribution is 7.13. The molecular formula is C9H12N2OS. The summed E-state index contributed by atoms with van der Waals surface area (Å²) in [6.45, 7) is 7.75. The number of hydrogen-bond acceptors (Lipinski definition) is 3. The zero-order valence-electron chi connectivity index (χ0n) is 7.76. The number of aryl methyl sites for hydroxylation is 2. The number of nitrogens with zero attached hydrogens (tertiary/aromatic N) is 1. The summed E-state index contributed by atoms with van der Waals surface area (Å²) in [5.74, 6) is -0.0667. The molecule has 3 nitrogen and oxygen atoms in total. The maximum atomic E-state index is 11.4. The van der Waals surface area contributed by atoms with Crippen molar-refractivity contribution in [1.29, 1.82) is 0 Å². The van der Waals surface area contributed by atoms with E-state index >= 15 is 0 Å². The highest BCUT2D eigenvalue weighted by Gasteiger charge is 2.11. The van der Waals surface area contributed by atoms with Gasteiger partial charge in [0, 0.05) is 6.54 Å². The number of amides is 1. The van der Waals surface area contributed by atoms with Crippen molar-refractivity contribution in [2.75, 3.05) is 6.54 Å². The van der Waals surface area contributed by atoms with Crippen LogP contribution in [0.25, 0.3) is 0 Å². The molecule has 1 aromatic rings. The molecule has 1 N–H and O–H groups in total. The highest BCUT2D eigenvalue weighted by Crippen LogP contribution is 2.16. The molecule has 0 aliphatic heterocycles. The first-order chi connectivity index (χ1) is 6.15. The number of carbonyl (C=O) groups is 1. The molecule has 0 saturated heterocycles. The Labute approximate surface area is 81.5 Å². The molecule has 0 aliphatic rings. The second-order valence-electron chi connectivity index (χ2n) is 2.65. The van der Waals surface area contributed by atoms with E-state index in [-0.39, 0.29) is 5.91 Å². The first-order valence-corrected chi connectivity index (χ1v) is 4.80. The van der Waals surface area contributed by atoms with Crippen LogP contribution >= 0.6 is 11.3 Å². The third kappa shape index (κ3) is 2.39. The van der Waals surface area contributed by atoms with Crippen LogP contribution in [0.3, 0.4) is 0 Å². The number of carbonyl (C=O) groups excluding carboxylic acids is 1. The minimum atomic E-state index is -0.0667. The molecule has 0 bridgehead atoms. The number of rotatable bonds is 3. The van der Waals surface area contributed by atoms with E-state index in [2.05, 4.69) is 16.9 Å². The van der Waals surface area contributed by atoms with Crippen LogP contribution in [0.4, 0.5) is 0 Å². The van der Waals surface area contributed by atoms with Crippen molar-refractivity contribution in [2.24, 2.45) is 0 Å². The summed E-state index contributed by atoms with van der Waals surface area (Å²) in [4.78, 5) is 16.3. The van der Waals surface area contributed by atoms with E-state index in [1.165, 1.54) is 11.3 Å². The van der Waals surface area contributed by atoms with Crippen LogP contribution in [0.1, 0.15) is 20.4 Å². The summed E-state index contributed by atoms with van der Waals surface area (Å²) < 4.78 is 0. The molecule has 1 aromatic heterocycles. The smallest absolute Gasteiger partial charge is 0.263 e. The van der Waals surface area contributed by atoms with Crippen molar-refractivity contribution < 1.29 is 4.79 Å². The van der Waals surface area contributed by atoms with Gasteiger partial charge < -0.3 is 5.32 Å². The predicted octanol–water partition coefficient (Wildman–Crippen LogP) is 1.68. The fourth-order valence-corrected chi connectivity index (χ4v) is 1.82. The molecule has 0 aromatic carbocycles. The molecule has 13 heavy (non-hydrogen) atoms. The summed E-state index contributed by atoms with van der Waals surface area (Å²) in [5.41, 5.74) is 0.795. The number of thiazole rings is 1. The monoisotopic (exact) mass is 196 g/mol. The number of nitrogens with one attached hydrogen (secondary N) is 1. The maximum Gasteiger partial charge on any atom is 0.263 e. The van der Waals surface area contributed by atoms with E-state index in [1.807, 2.05) is 13.8 Å². The van der Waals surface area contributed by atoms with Gasteiger partial charge in [-0.05, 0) is 13.8 Å². The van der Waals surface area contributed by atoms with Crippen LogP contribution in [0.5, 0.6) is 0 Å². The fraction of sp³-hybridized carbons (Fsp3) is 0.333. The molecule has 70 valence electrons. The largest absolute Gasteiger partial charge is 0.348 e. The minimum absolute atomic E-state index is 0.0667. The topological polar surface area (TPSA) is 42.0 Å². The van der Waals surface area contributed by atoms with Gasteiger partial charge in [-0.2, -0.15) is 0 Å². The third-order valence-corrected chi connectivity index (χ3v) is 2.59. The first kappa shape index (κ1) is 9.92. The Morgan fingerprint density at radius 3 is 2.85 bits per heavy atom. The maximum absolute atomic E-state index is 11.4. The number of hydrogen-bond donors (Lipinski definition) is 1. The van der Waals surface area contributed by atoms with Gasteiger partial charge in [0.25, 0.3) is 5.91 Å². The summed E-state index contributed by atoms with van der Waals surface area (Å²) in [6.07, 6.45) is 1.65. The van der Waals surface area contributed by atoms with E-state index in [9.17, 15) is 4.79 Å². The first-order valence-electron chi connectivity index (χ1n) is 3.98. The van der Waals surface area contributed by atoms with Crippen molar-refractivity contribution >= 4 is 17.2 Å². The fourth-order valence-electron chi connectivity index (χ4n) is 0.987. The van der Waals surface area contributed by atoms with Crippen LogP contribution in [-0.2, 0) is 0 Å². The summed E-state index contributed by atoms with van der Waals surface area (Å²) >= 11 is 1.42. The average Bonchev–Trinajstić information content (AvgIpc) is 2.41. The summed E-state index contributed by atoms with van der Waals surface area (Å²) in [5, 5.41) is 3.63. The second kappa shape index (κ2) is 4.18. The van der Waals surface area contributed by atoms with Gasteiger partial charge in [-0.25, -0.2) is 4.98 Å². The molecule has 0 saturated carbocycles. The lowest BCUT2D eigenvalue weighted by molar-refractivity contribution is 0.0961. The standard InChI is InChI=1S/C9H12N2OS/c1-4-5-10-9(12)8-6(2)11-7(3)13-8/h4H,1,5H2,2-3H3,(H,10,12). The van der Waals surface area contributed by atoms with Crippen LogP contribution in [0.15, 0.2) is 12.7 Å². The molecule has 0 fully saturated rings. The van der Waals surface area contributed by atoms with Gasteiger partial charge in [0.2, 0.25) is 0 Å². The van der Waals surface area contributed by atoms with Crippen molar-refractivity contribution in [3.05, 3.63) is 28.2 Å². The van der Waals surface area contributed by atoms with E-state index in [4.69, 9.17) is 0 Å². The Morgan fingerprint density at radius 2 is 2.38 bits per heavy atom. The predicted molar refractivity (Wildman–Crippen MR) is 54.1 cm³/mol. The van der Waals surface area contributed by atoms with Crippen LogP contribution < -0.4 is 5.32 Å². The lowest BCUT2D eigenvalue weighted by Gasteiger charge is -1.98. The molecule has 0 radical (unpaired) electrons. The van der Waals surface area contributed by atoms with Crippen molar-refractivity contribution in [1.82, 2.24) is 10.3 Å². The SMILES string of the molecule is C=CCNC(=O)c1sc(C)nc1C. The van der Waals surface area contributed by atoms with Crippen molar-refractivity contribution in [3.8, 4) is 0 Å². The normalized spacial score (nSPS) is 9.69. The van der Waals surface area contributed by atoms with Gasteiger partial charge in [0.15, 0.2) is 0 Å². The Balaban J connectivity index is 2.76. The Kier molecular flexibility index (Phi) is 3.19. The minimum Gasteiger partial charge on any atom is -0.348 e. The second-order valence-corrected chi connectivity index (χ2v) is 3.85. The van der Waals surface area contributed by atoms with Crippen molar-refractivity contribution in [2.45, 2.75) is 13.8 Å². The zero-order valence-corrected chi connectivity index (χ0v) is 8.57.